The molecule has 0 saturated heterocycles. The van der Waals surface area contributed by atoms with Crippen LogP contribution in [0, 0.1) is 0 Å². The number of carbonyl (C=O) groups is 1. The van der Waals surface area contributed by atoms with Gasteiger partial charge in [0.05, 0.1) is 5.56 Å². The molecule has 0 atom stereocenters. The fraction of sp³-hybridized carbons (Fsp3) is 0.133. The fourth-order valence-corrected chi connectivity index (χ4v) is 1.81. The van der Waals surface area contributed by atoms with Crippen LogP contribution in [-0.2, 0) is 6.18 Å². The van der Waals surface area contributed by atoms with Crippen molar-refractivity contribution in [1.82, 2.24) is 5.32 Å². The van der Waals surface area contributed by atoms with E-state index in [0.29, 0.717) is 11.1 Å². The Hall–Kier alpha value is -2.30. The smallest absolute Gasteiger partial charge is 0.355 e. The maximum atomic E-state index is 12.5. The monoisotopic (exact) mass is 279 g/mol. The molecule has 5 heteroatoms. The topological polar surface area (TPSA) is 29.1 Å². The highest BCUT2D eigenvalue weighted by molar-refractivity contribution is 5.94. The van der Waals surface area contributed by atoms with Gasteiger partial charge < -0.3 is 5.32 Å². The SMILES string of the molecule is CNC(=O)c1ccc(-c2ccc(C(F)(F)F)cc2)cc1. The van der Waals surface area contributed by atoms with Crippen LogP contribution in [0.2, 0.25) is 0 Å². The van der Waals surface area contributed by atoms with Gasteiger partial charge in [0.2, 0.25) is 0 Å². The second-order valence-electron chi connectivity index (χ2n) is 4.23. The summed E-state index contributed by atoms with van der Waals surface area (Å²) in [6, 6.07) is 11.6. The van der Waals surface area contributed by atoms with Crippen LogP contribution in [0.3, 0.4) is 0 Å². The zero-order valence-corrected chi connectivity index (χ0v) is 10.7. The Labute approximate surface area is 114 Å². The Morgan fingerprint density at radius 1 is 0.900 bits per heavy atom. The van der Waals surface area contributed by atoms with E-state index in [-0.39, 0.29) is 5.91 Å². The maximum absolute atomic E-state index is 12.5. The Morgan fingerprint density at radius 2 is 1.35 bits per heavy atom. The summed E-state index contributed by atoms with van der Waals surface area (Å²) >= 11 is 0. The summed E-state index contributed by atoms with van der Waals surface area (Å²) < 4.78 is 37.4. The fourth-order valence-electron chi connectivity index (χ4n) is 1.81. The lowest BCUT2D eigenvalue weighted by molar-refractivity contribution is -0.137. The molecule has 0 fully saturated rings. The average molecular weight is 279 g/mol. The molecular weight excluding hydrogens is 267 g/mol. The molecule has 104 valence electrons. The Morgan fingerprint density at radius 3 is 1.75 bits per heavy atom. The molecule has 0 aliphatic carbocycles. The van der Waals surface area contributed by atoms with E-state index < -0.39 is 11.7 Å². The molecule has 0 saturated carbocycles. The third-order valence-corrected chi connectivity index (χ3v) is 2.92. The van der Waals surface area contributed by atoms with Crippen molar-refractivity contribution in [2.75, 3.05) is 7.05 Å². The van der Waals surface area contributed by atoms with Crippen molar-refractivity contribution in [2.45, 2.75) is 6.18 Å². The van der Waals surface area contributed by atoms with Gasteiger partial charge in [0.25, 0.3) is 5.91 Å². The molecule has 0 aliphatic heterocycles. The van der Waals surface area contributed by atoms with Crippen molar-refractivity contribution in [3.63, 3.8) is 0 Å². The molecule has 0 spiro atoms. The first-order valence-electron chi connectivity index (χ1n) is 5.91. The number of nitrogens with one attached hydrogen (secondary N) is 1. The van der Waals surface area contributed by atoms with E-state index in [4.69, 9.17) is 0 Å². The van der Waals surface area contributed by atoms with Crippen LogP contribution < -0.4 is 5.32 Å². The summed E-state index contributed by atoms with van der Waals surface area (Å²) in [5, 5.41) is 2.50. The highest BCUT2D eigenvalue weighted by atomic mass is 19.4. The van der Waals surface area contributed by atoms with E-state index in [1.165, 1.54) is 19.2 Å². The third-order valence-electron chi connectivity index (χ3n) is 2.92. The summed E-state index contributed by atoms with van der Waals surface area (Å²) in [4.78, 5) is 11.4. The van der Waals surface area contributed by atoms with E-state index in [2.05, 4.69) is 5.32 Å². The van der Waals surface area contributed by atoms with Crippen molar-refractivity contribution < 1.29 is 18.0 Å². The molecular formula is C15H12F3NO. The number of hydrogen-bond acceptors (Lipinski definition) is 1. The van der Waals surface area contributed by atoms with Crippen LogP contribution in [0.15, 0.2) is 48.5 Å². The molecule has 1 N–H and O–H groups in total. The molecule has 0 radical (unpaired) electrons. The van der Waals surface area contributed by atoms with Crippen LogP contribution in [0.4, 0.5) is 13.2 Å². The quantitative estimate of drug-likeness (QED) is 0.891. The van der Waals surface area contributed by atoms with Gasteiger partial charge in [-0.25, -0.2) is 0 Å². The van der Waals surface area contributed by atoms with Gasteiger partial charge in [-0.1, -0.05) is 24.3 Å². The van der Waals surface area contributed by atoms with Crippen LogP contribution in [0.1, 0.15) is 15.9 Å². The van der Waals surface area contributed by atoms with Gasteiger partial charge in [-0.3, -0.25) is 4.79 Å². The first-order valence-corrected chi connectivity index (χ1v) is 5.91. The minimum atomic E-state index is -4.33. The number of halogens is 3. The number of benzene rings is 2. The summed E-state index contributed by atoms with van der Waals surface area (Å²) in [7, 11) is 1.53. The highest BCUT2D eigenvalue weighted by Gasteiger charge is 2.29. The molecule has 2 aromatic rings. The lowest BCUT2D eigenvalue weighted by Crippen LogP contribution is -2.17. The minimum Gasteiger partial charge on any atom is -0.355 e. The van der Waals surface area contributed by atoms with Crippen molar-refractivity contribution in [1.29, 1.82) is 0 Å². The number of alkyl halides is 3. The van der Waals surface area contributed by atoms with E-state index in [1.54, 1.807) is 24.3 Å². The molecule has 0 heterocycles. The molecule has 0 aliphatic rings. The highest BCUT2D eigenvalue weighted by Crippen LogP contribution is 2.30. The number of hydrogen-bond donors (Lipinski definition) is 1. The Balaban J connectivity index is 2.26. The van der Waals surface area contributed by atoms with Gasteiger partial charge in [0.1, 0.15) is 0 Å². The van der Waals surface area contributed by atoms with Gasteiger partial charge in [0.15, 0.2) is 0 Å². The van der Waals surface area contributed by atoms with Crippen molar-refractivity contribution in [3.8, 4) is 11.1 Å². The van der Waals surface area contributed by atoms with Crippen LogP contribution >= 0.6 is 0 Å². The van der Waals surface area contributed by atoms with E-state index >= 15 is 0 Å². The number of rotatable bonds is 2. The van der Waals surface area contributed by atoms with Crippen molar-refractivity contribution in [2.24, 2.45) is 0 Å². The van der Waals surface area contributed by atoms with Crippen LogP contribution in [-0.4, -0.2) is 13.0 Å². The molecule has 2 rings (SSSR count). The predicted octanol–water partition coefficient (Wildman–Crippen LogP) is 3.73. The second-order valence-corrected chi connectivity index (χ2v) is 4.23. The first kappa shape index (κ1) is 14.1. The maximum Gasteiger partial charge on any atom is 0.416 e. The lowest BCUT2D eigenvalue weighted by Gasteiger charge is -2.08. The van der Waals surface area contributed by atoms with Gasteiger partial charge in [-0.05, 0) is 35.4 Å². The van der Waals surface area contributed by atoms with Crippen molar-refractivity contribution >= 4 is 5.91 Å². The zero-order valence-electron chi connectivity index (χ0n) is 10.7. The van der Waals surface area contributed by atoms with Crippen LogP contribution in [0.25, 0.3) is 11.1 Å². The summed E-state index contributed by atoms with van der Waals surface area (Å²) in [6.07, 6.45) is -4.33. The van der Waals surface area contributed by atoms with Crippen molar-refractivity contribution in [3.05, 3.63) is 59.7 Å². The first-order chi connectivity index (χ1) is 9.41. The van der Waals surface area contributed by atoms with Gasteiger partial charge in [-0.2, -0.15) is 13.2 Å². The van der Waals surface area contributed by atoms with Gasteiger partial charge in [0, 0.05) is 12.6 Å². The van der Waals surface area contributed by atoms with Gasteiger partial charge >= 0.3 is 6.18 Å². The molecule has 2 aromatic carbocycles. The second kappa shape index (κ2) is 5.36. The molecule has 0 aromatic heterocycles. The van der Waals surface area contributed by atoms with E-state index in [1.807, 2.05) is 0 Å². The molecule has 0 bridgehead atoms. The van der Waals surface area contributed by atoms with Gasteiger partial charge in [-0.15, -0.1) is 0 Å². The Kier molecular flexibility index (Phi) is 3.79. The molecule has 0 unspecified atom stereocenters. The third kappa shape index (κ3) is 2.99. The lowest BCUT2D eigenvalue weighted by atomic mass is 10.0. The molecule has 20 heavy (non-hydrogen) atoms. The summed E-state index contributed by atoms with van der Waals surface area (Å²) in [5.41, 5.74) is 1.25. The molecule has 1 amide bonds. The summed E-state index contributed by atoms with van der Waals surface area (Å²) in [6.45, 7) is 0. The average Bonchev–Trinajstić information content (AvgIpc) is 2.46. The van der Waals surface area contributed by atoms with E-state index in [0.717, 1.165) is 17.7 Å². The zero-order chi connectivity index (χ0) is 14.8. The standard InChI is InChI=1S/C15H12F3NO/c1-19-14(20)12-4-2-10(3-5-12)11-6-8-13(9-7-11)15(16,17)18/h2-9H,1H3,(H,19,20). The number of amides is 1. The minimum absolute atomic E-state index is 0.205. The largest absolute Gasteiger partial charge is 0.416 e. The van der Waals surface area contributed by atoms with E-state index in [9.17, 15) is 18.0 Å². The predicted molar refractivity (Wildman–Crippen MR) is 70.3 cm³/mol. The Bertz CT molecular complexity index is 601. The van der Waals surface area contributed by atoms with Crippen LogP contribution in [0.5, 0.6) is 0 Å². The normalized spacial score (nSPS) is 11.2. The summed E-state index contributed by atoms with van der Waals surface area (Å²) in [5.74, 6) is -0.205. The molecule has 2 nitrogen and oxygen atoms in total. The number of carbonyl (C=O) groups excluding carboxylic acids is 1.